The van der Waals surface area contributed by atoms with Crippen LogP contribution in [0.15, 0.2) is 35.3 Å². The molecule has 1 aromatic heterocycles. The van der Waals surface area contributed by atoms with Gasteiger partial charge < -0.3 is 26.0 Å². The standard InChI is InChI=1S/C20H21N5O3.C2H6/c1-4-23-20-12-8-17(27)18(28-3)9-14(12)24-19(25-20)10-16(26)11-5-6-13(21)15(7-11)22-2;1-2/h5-10,26-27H,2,4,21H2,1,3H3,(H,23,24,25);1-2H3/b16-10-;. The number of phenols is 1. The van der Waals surface area contributed by atoms with Crippen molar-refractivity contribution in [1.82, 2.24) is 9.97 Å². The largest absolute Gasteiger partial charge is 0.507 e. The third kappa shape index (κ3) is 4.78. The normalized spacial score (nSPS) is 10.9. The quantitative estimate of drug-likeness (QED) is 0.262. The van der Waals surface area contributed by atoms with Crippen LogP contribution in [0.2, 0.25) is 0 Å². The number of nitrogens with zero attached hydrogens (tertiary/aromatic N) is 3. The highest BCUT2D eigenvalue weighted by Gasteiger charge is 2.12. The van der Waals surface area contributed by atoms with E-state index in [4.69, 9.17) is 10.5 Å². The van der Waals surface area contributed by atoms with Crippen LogP contribution < -0.4 is 15.8 Å². The summed E-state index contributed by atoms with van der Waals surface area (Å²) >= 11 is 0. The van der Waals surface area contributed by atoms with Gasteiger partial charge in [-0.15, -0.1) is 0 Å². The first-order valence-electron chi connectivity index (χ1n) is 9.56. The monoisotopic (exact) mass is 409 g/mol. The lowest BCUT2D eigenvalue weighted by molar-refractivity contribution is 0.374. The van der Waals surface area contributed by atoms with Gasteiger partial charge >= 0.3 is 0 Å². The van der Waals surface area contributed by atoms with Gasteiger partial charge in [0.1, 0.15) is 11.6 Å². The van der Waals surface area contributed by atoms with Crippen molar-refractivity contribution in [3.63, 3.8) is 0 Å². The SMILES string of the molecule is C=Nc1cc(/C(O)=C/c2nc(NCC)c3cc(O)c(OC)cc3n2)ccc1N.CC. The minimum atomic E-state index is -0.0440. The van der Waals surface area contributed by atoms with E-state index in [2.05, 4.69) is 27.0 Å². The molecule has 3 rings (SSSR count). The first kappa shape index (κ1) is 22.5. The van der Waals surface area contributed by atoms with Crippen LogP contribution >= 0.6 is 0 Å². The second kappa shape index (κ2) is 10.1. The van der Waals surface area contributed by atoms with E-state index in [1.165, 1.54) is 13.2 Å². The molecule has 158 valence electrons. The van der Waals surface area contributed by atoms with Crippen LogP contribution in [0.4, 0.5) is 17.2 Å². The zero-order chi connectivity index (χ0) is 22.3. The summed E-state index contributed by atoms with van der Waals surface area (Å²) < 4.78 is 5.16. The number of hydrogen-bond donors (Lipinski definition) is 4. The molecule has 0 atom stereocenters. The van der Waals surface area contributed by atoms with Crippen molar-refractivity contribution in [2.45, 2.75) is 20.8 Å². The minimum absolute atomic E-state index is 0.00442. The van der Waals surface area contributed by atoms with Crippen molar-refractivity contribution in [2.75, 3.05) is 24.7 Å². The number of fused-ring (bicyclic) bond motifs is 1. The number of rotatable bonds is 6. The molecule has 0 bridgehead atoms. The van der Waals surface area contributed by atoms with Gasteiger partial charge in [-0.3, -0.25) is 4.99 Å². The molecule has 0 saturated carbocycles. The molecule has 1 heterocycles. The number of nitrogen functional groups attached to an aromatic ring is 1. The Labute approximate surface area is 175 Å². The van der Waals surface area contributed by atoms with Crippen LogP contribution in [0, 0.1) is 0 Å². The molecule has 8 nitrogen and oxygen atoms in total. The highest BCUT2D eigenvalue weighted by molar-refractivity contribution is 5.93. The smallest absolute Gasteiger partial charge is 0.162 e. The molecule has 8 heteroatoms. The lowest BCUT2D eigenvalue weighted by Crippen LogP contribution is -2.03. The fourth-order valence-electron chi connectivity index (χ4n) is 2.74. The Kier molecular flexibility index (Phi) is 7.57. The summed E-state index contributed by atoms with van der Waals surface area (Å²) in [6, 6.07) is 8.10. The summed E-state index contributed by atoms with van der Waals surface area (Å²) in [4.78, 5) is 12.7. The molecule has 0 fully saturated rings. The average molecular weight is 409 g/mol. The van der Waals surface area contributed by atoms with Crippen molar-refractivity contribution in [3.8, 4) is 11.5 Å². The fraction of sp³-hybridized carbons (Fsp3) is 0.227. The van der Waals surface area contributed by atoms with Gasteiger partial charge in [0, 0.05) is 29.6 Å². The number of aliphatic imine (C=N–C) groups is 1. The van der Waals surface area contributed by atoms with Crippen molar-refractivity contribution >= 4 is 46.6 Å². The van der Waals surface area contributed by atoms with E-state index in [1.54, 1.807) is 30.3 Å². The maximum Gasteiger partial charge on any atom is 0.162 e. The number of ether oxygens (including phenoxy) is 1. The van der Waals surface area contributed by atoms with Crippen molar-refractivity contribution in [2.24, 2.45) is 4.99 Å². The Bertz CT molecular complexity index is 1080. The van der Waals surface area contributed by atoms with E-state index in [0.717, 1.165) is 0 Å². The lowest BCUT2D eigenvalue weighted by atomic mass is 10.1. The predicted octanol–water partition coefficient (Wildman–Crippen LogP) is 4.77. The molecule has 0 aliphatic carbocycles. The van der Waals surface area contributed by atoms with E-state index >= 15 is 0 Å². The van der Waals surface area contributed by atoms with E-state index in [9.17, 15) is 10.2 Å². The number of nitrogens with two attached hydrogens (primary N) is 1. The molecule has 0 aliphatic heterocycles. The van der Waals surface area contributed by atoms with Crippen molar-refractivity contribution in [1.29, 1.82) is 0 Å². The number of aliphatic hydroxyl groups is 1. The van der Waals surface area contributed by atoms with Gasteiger partial charge in [0.05, 0.1) is 24.0 Å². The average Bonchev–Trinajstić information content (AvgIpc) is 2.75. The number of anilines is 2. The molecule has 5 N–H and O–H groups in total. The van der Waals surface area contributed by atoms with Crippen LogP contribution in [0.5, 0.6) is 11.5 Å². The van der Waals surface area contributed by atoms with Gasteiger partial charge in [-0.05, 0) is 37.9 Å². The molecule has 3 aromatic rings. The zero-order valence-electron chi connectivity index (χ0n) is 17.6. The Hall–Kier alpha value is -3.81. The number of methoxy groups -OCH3 is 1. The molecule has 0 radical (unpaired) electrons. The summed E-state index contributed by atoms with van der Waals surface area (Å²) in [5.74, 6) is 1.08. The van der Waals surface area contributed by atoms with Gasteiger partial charge in [-0.1, -0.05) is 13.8 Å². The van der Waals surface area contributed by atoms with Crippen LogP contribution in [0.25, 0.3) is 22.7 Å². The fourth-order valence-corrected chi connectivity index (χ4v) is 2.74. The predicted molar refractivity (Wildman–Crippen MR) is 124 cm³/mol. The summed E-state index contributed by atoms with van der Waals surface area (Å²) in [5, 5.41) is 24.3. The first-order chi connectivity index (χ1) is 14.5. The van der Waals surface area contributed by atoms with E-state index in [0.29, 0.717) is 51.8 Å². The van der Waals surface area contributed by atoms with Gasteiger partial charge in [-0.25, -0.2) is 9.97 Å². The van der Waals surface area contributed by atoms with Crippen LogP contribution in [0.1, 0.15) is 32.2 Å². The maximum absolute atomic E-state index is 10.5. The molecular weight excluding hydrogens is 382 g/mol. The number of aliphatic hydroxyl groups excluding tert-OH is 1. The molecule has 0 amide bonds. The Morgan fingerprint density at radius 1 is 1.27 bits per heavy atom. The van der Waals surface area contributed by atoms with E-state index in [-0.39, 0.29) is 11.5 Å². The number of aromatic nitrogens is 2. The minimum Gasteiger partial charge on any atom is -0.507 e. The highest BCUT2D eigenvalue weighted by atomic mass is 16.5. The molecule has 0 aliphatic rings. The molecule has 0 saturated heterocycles. The third-order valence-corrected chi connectivity index (χ3v) is 4.12. The Morgan fingerprint density at radius 2 is 2.00 bits per heavy atom. The molecule has 2 aromatic carbocycles. The molecule has 0 unspecified atom stereocenters. The molecule has 30 heavy (non-hydrogen) atoms. The maximum atomic E-state index is 10.5. The second-order valence-electron chi connectivity index (χ2n) is 5.96. The van der Waals surface area contributed by atoms with Crippen LogP contribution in [-0.4, -0.2) is 40.6 Å². The number of aromatic hydroxyl groups is 1. The summed E-state index contributed by atoms with van der Waals surface area (Å²) in [7, 11) is 1.46. The topological polar surface area (TPSA) is 126 Å². The van der Waals surface area contributed by atoms with Gasteiger partial charge in [0.15, 0.2) is 17.3 Å². The lowest BCUT2D eigenvalue weighted by Gasteiger charge is -2.11. The Morgan fingerprint density at radius 3 is 2.63 bits per heavy atom. The van der Waals surface area contributed by atoms with E-state index < -0.39 is 0 Å². The number of phenolic OH excluding ortho intramolecular Hbond substituents is 1. The van der Waals surface area contributed by atoms with Crippen molar-refractivity contribution < 1.29 is 14.9 Å². The number of benzene rings is 2. The third-order valence-electron chi connectivity index (χ3n) is 4.12. The zero-order valence-corrected chi connectivity index (χ0v) is 17.6. The first-order valence-corrected chi connectivity index (χ1v) is 9.56. The molecule has 0 spiro atoms. The highest BCUT2D eigenvalue weighted by Crippen LogP contribution is 2.33. The molecular formula is C22H27N5O3. The number of hydrogen-bond acceptors (Lipinski definition) is 8. The van der Waals surface area contributed by atoms with Gasteiger partial charge in [0.25, 0.3) is 0 Å². The van der Waals surface area contributed by atoms with E-state index in [1.807, 2.05) is 20.8 Å². The second-order valence-corrected chi connectivity index (χ2v) is 5.96. The summed E-state index contributed by atoms with van der Waals surface area (Å²) in [6.07, 6.45) is 1.44. The summed E-state index contributed by atoms with van der Waals surface area (Å²) in [5.41, 5.74) is 7.82. The number of nitrogens with one attached hydrogen (secondary N) is 1. The summed E-state index contributed by atoms with van der Waals surface area (Å²) in [6.45, 7) is 10.0. The van der Waals surface area contributed by atoms with Gasteiger partial charge in [-0.2, -0.15) is 0 Å². The van der Waals surface area contributed by atoms with Crippen LogP contribution in [0.3, 0.4) is 0 Å². The Balaban J connectivity index is 0.00000155. The van der Waals surface area contributed by atoms with Gasteiger partial charge in [0.2, 0.25) is 0 Å². The van der Waals surface area contributed by atoms with Crippen molar-refractivity contribution in [3.05, 3.63) is 41.7 Å². The van der Waals surface area contributed by atoms with Crippen LogP contribution in [-0.2, 0) is 0 Å².